The third-order valence-electron chi connectivity index (χ3n) is 9.23. The van der Waals surface area contributed by atoms with E-state index >= 15 is 0 Å². The Morgan fingerprint density at radius 2 is 1.76 bits per heavy atom. The number of halogens is 1. The van der Waals surface area contributed by atoms with Gasteiger partial charge in [-0.25, -0.2) is 4.39 Å². The summed E-state index contributed by atoms with van der Waals surface area (Å²) in [4.78, 5) is 31.5. The lowest BCUT2D eigenvalue weighted by Gasteiger charge is -2.42. The first-order valence-electron chi connectivity index (χ1n) is 18.8. The highest BCUT2D eigenvalue weighted by molar-refractivity contribution is 5.90. The molecule has 0 spiro atoms. The number of benzene rings is 1. The third-order valence-corrected chi connectivity index (χ3v) is 9.23. The molecule has 1 aromatic rings. The van der Waals surface area contributed by atoms with Gasteiger partial charge in [0.15, 0.2) is 0 Å². The summed E-state index contributed by atoms with van der Waals surface area (Å²) in [7, 11) is 1.73. The van der Waals surface area contributed by atoms with Gasteiger partial charge in [0.1, 0.15) is 18.1 Å². The van der Waals surface area contributed by atoms with Gasteiger partial charge in [0.25, 0.3) is 0 Å². The number of allylic oxidation sites excluding steroid dienone is 3. The summed E-state index contributed by atoms with van der Waals surface area (Å²) in [6, 6.07) is 7.21. The van der Waals surface area contributed by atoms with Crippen LogP contribution in [0.4, 0.5) is 4.39 Å². The molecule has 9 heteroatoms. The molecular weight excluding hydrogens is 643 g/mol. The fraction of sp³-hybridized carbons (Fsp3) is 0.619. The molecule has 5 atom stereocenters. The van der Waals surface area contributed by atoms with Crippen molar-refractivity contribution in [3.63, 3.8) is 0 Å². The Hall–Kier alpha value is -3.45. The zero-order valence-corrected chi connectivity index (χ0v) is 33.1. The van der Waals surface area contributed by atoms with Crippen molar-refractivity contribution in [1.82, 2.24) is 20.4 Å². The smallest absolute Gasteiger partial charge is 0.245 e. The predicted molar refractivity (Wildman–Crippen MR) is 209 cm³/mol. The van der Waals surface area contributed by atoms with Crippen molar-refractivity contribution in [1.29, 1.82) is 0 Å². The van der Waals surface area contributed by atoms with E-state index in [1.165, 1.54) is 6.08 Å². The van der Waals surface area contributed by atoms with Gasteiger partial charge >= 0.3 is 0 Å². The number of terminal acetylenes is 1. The number of likely N-dealkylation sites (N-methyl/N-ethyl adjacent to an activating group) is 1. The maximum atomic E-state index is 15.0. The number of hydrogen-bond donors (Lipinski definition) is 3. The average Bonchev–Trinajstić information content (AvgIpc) is 3.19. The monoisotopic (exact) mass is 711 g/mol. The molecule has 4 unspecified atom stereocenters. The fourth-order valence-corrected chi connectivity index (χ4v) is 6.28. The molecule has 0 bridgehead atoms. The van der Waals surface area contributed by atoms with E-state index in [1.54, 1.807) is 27.0 Å². The van der Waals surface area contributed by atoms with Crippen LogP contribution in [0, 0.1) is 25.2 Å². The van der Waals surface area contributed by atoms with Crippen LogP contribution in [-0.4, -0.2) is 83.9 Å². The van der Waals surface area contributed by atoms with Gasteiger partial charge in [-0.05, 0) is 101 Å². The Bertz CT molecular complexity index is 1310. The van der Waals surface area contributed by atoms with Crippen molar-refractivity contribution in [2.24, 2.45) is 5.41 Å². The van der Waals surface area contributed by atoms with Crippen molar-refractivity contribution in [2.75, 3.05) is 26.7 Å². The Balaban J connectivity index is 0.00000313. The zero-order valence-electron chi connectivity index (χ0n) is 33.1. The minimum atomic E-state index is -0.682. The summed E-state index contributed by atoms with van der Waals surface area (Å²) >= 11 is 0. The van der Waals surface area contributed by atoms with E-state index < -0.39 is 23.6 Å². The molecule has 2 aliphatic heterocycles. The first kappa shape index (κ1) is 45.6. The molecule has 8 nitrogen and oxygen atoms in total. The van der Waals surface area contributed by atoms with Crippen LogP contribution in [0.25, 0.3) is 5.70 Å². The van der Waals surface area contributed by atoms with Gasteiger partial charge in [-0.15, -0.1) is 12.8 Å². The number of hydrogen-bond acceptors (Lipinski definition) is 6. The largest absolute Gasteiger partial charge is 0.393 e. The normalized spacial score (nSPS) is 22.1. The minimum absolute atomic E-state index is 0.0626. The van der Waals surface area contributed by atoms with Gasteiger partial charge in [0.2, 0.25) is 11.8 Å². The first-order chi connectivity index (χ1) is 24.3. The lowest BCUT2D eigenvalue weighted by Crippen LogP contribution is -2.59. The number of carbonyl (C=O) groups excluding carboxylic acids is 2. The fourth-order valence-electron chi connectivity index (χ4n) is 6.28. The molecule has 0 aromatic heterocycles. The molecule has 2 amide bonds. The lowest BCUT2D eigenvalue weighted by molar-refractivity contribution is -0.143. The van der Waals surface area contributed by atoms with E-state index in [0.717, 1.165) is 41.7 Å². The molecule has 0 radical (unpaired) electrons. The van der Waals surface area contributed by atoms with Crippen LogP contribution >= 0.6 is 0 Å². The van der Waals surface area contributed by atoms with Crippen molar-refractivity contribution >= 4 is 17.5 Å². The quantitative estimate of drug-likeness (QED) is 0.183. The number of aliphatic hydroxyl groups is 1. The number of likely N-dealkylation sites (tertiary alicyclic amines) is 1. The Kier molecular flexibility index (Phi) is 20.7. The van der Waals surface area contributed by atoms with E-state index in [4.69, 9.17) is 4.74 Å². The molecule has 3 rings (SSSR count). The standard InChI is InChI=1S/C38H59FN4O4.C2H6.C2H2/c1-9-33(47-24-21-27(3)44)43-23-20-31(39)14-12-13-30(34(43)29-18-16-26(2)17-19-29)25-32-15-10-11-22-42(32)37(46)35(38(5,6)7)41-36(45)28(4)40-8;2*1-2/h12,14,16-20,27-28,32-33,35,40,44H,9-11,13,15,21-25H2,1-8H3,(H,41,45);1-2H3;1-2H/b14-12-,31-20+,34-30+;;/t27?,28-,32?,33?,35?;;/m0../s1. The summed E-state index contributed by atoms with van der Waals surface area (Å²) in [5, 5.41) is 15.9. The van der Waals surface area contributed by atoms with Crippen LogP contribution in [0.2, 0.25) is 0 Å². The summed E-state index contributed by atoms with van der Waals surface area (Å²) in [5.41, 5.74) is 3.76. The van der Waals surface area contributed by atoms with Crippen molar-refractivity contribution < 1.29 is 23.8 Å². The SMILES string of the molecule is C#C.CC.CCC(OCCC(C)O)N1C/C=C(F)\C=C/C/C(CC2CCCCN2C(=O)C(NC(=O)[C@H](C)NC)C(C)(C)C)=C\1c1ccc(C)cc1. The van der Waals surface area contributed by atoms with E-state index in [1.807, 2.05) is 45.6 Å². The number of piperidine rings is 1. The second-order valence-corrected chi connectivity index (χ2v) is 14.2. The topological polar surface area (TPSA) is 94.1 Å². The molecule has 286 valence electrons. The molecule has 1 aromatic carbocycles. The van der Waals surface area contributed by atoms with E-state index in [2.05, 4.69) is 66.5 Å². The molecule has 1 saturated heterocycles. The molecule has 51 heavy (non-hydrogen) atoms. The van der Waals surface area contributed by atoms with E-state index in [9.17, 15) is 19.1 Å². The second kappa shape index (κ2) is 23.2. The van der Waals surface area contributed by atoms with Crippen LogP contribution < -0.4 is 10.6 Å². The van der Waals surface area contributed by atoms with Gasteiger partial charge in [0, 0.05) is 24.8 Å². The highest BCUT2D eigenvalue weighted by Crippen LogP contribution is 2.36. The van der Waals surface area contributed by atoms with Gasteiger partial charge in [-0.3, -0.25) is 9.59 Å². The number of aryl methyl sites for hydroxylation is 1. The zero-order chi connectivity index (χ0) is 38.7. The van der Waals surface area contributed by atoms with Crippen molar-refractivity contribution in [3.05, 3.63) is 65.0 Å². The number of nitrogens with zero attached hydrogens (tertiary/aromatic N) is 2. The summed E-state index contributed by atoms with van der Waals surface area (Å²) in [6.45, 7) is 18.9. The number of aliphatic hydroxyl groups excluding tert-OH is 1. The van der Waals surface area contributed by atoms with E-state index in [0.29, 0.717) is 45.4 Å². The number of ether oxygens (including phenoxy) is 1. The van der Waals surface area contributed by atoms with Gasteiger partial charge in [0.05, 0.1) is 18.8 Å². The van der Waals surface area contributed by atoms with Crippen LogP contribution in [-0.2, 0) is 14.3 Å². The number of nitrogens with one attached hydrogen (secondary N) is 2. The summed E-state index contributed by atoms with van der Waals surface area (Å²) in [5.74, 6) is -0.564. The number of rotatable bonds is 13. The Labute approximate surface area is 309 Å². The maximum absolute atomic E-state index is 15.0. The van der Waals surface area contributed by atoms with Gasteiger partial charge < -0.3 is 30.3 Å². The van der Waals surface area contributed by atoms with Crippen LogP contribution in [0.5, 0.6) is 0 Å². The Morgan fingerprint density at radius 1 is 1.12 bits per heavy atom. The minimum Gasteiger partial charge on any atom is -0.393 e. The molecule has 0 saturated carbocycles. The lowest BCUT2D eigenvalue weighted by atomic mass is 9.84. The molecule has 2 heterocycles. The molecular formula is C42H67FN4O4. The van der Waals surface area contributed by atoms with Crippen molar-refractivity contribution in [3.8, 4) is 12.8 Å². The van der Waals surface area contributed by atoms with Crippen LogP contribution in [0.15, 0.2) is 53.9 Å². The second-order valence-electron chi connectivity index (χ2n) is 14.2. The summed E-state index contributed by atoms with van der Waals surface area (Å²) in [6.07, 6.45) is 17.2. The van der Waals surface area contributed by atoms with Crippen molar-refractivity contribution in [2.45, 2.75) is 138 Å². The third kappa shape index (κ3) is 14.2. The highest BCUT2D eigenvalue weighted by Gasteiger charge is 2.40. The molecule has 3 N–H and O–H groups in total. The van der Waals surface area contributed by atoms with Crippen LogP contribution in [0.1, 0.15) is 111 Å². The predicted octanol–water partition coefficient (Wildman–Crippen LogP) is 7.53. The van der Waals surface area contributed by atoms with Gasteiger partial charge in [-0.1, -0.05) is 77.4 Å². The number of amides is 2. The molecule has 0 aliphatic carbocycles. The summed E-state index contributed by atoms with van der Waals surface area (Å²) < 4.78 is 21.4. The van der Waals surface area contributed by atoms with Crippen LogP contribution in [0.3, 0.4) is 0 Å². The first-order valence-corrected chi connectivity index (χ1v) is 18.8. The number of carbonyl (C=O) groups is 2. The average molecular weight is 711 g/mol. The molecule has 2 aliphatic rings. The highest BCUT2D eigenvalue weighted by atomic mass is 19.1. The Morgan fingerprint density at radius 3 is 2.33 bits per heavy atom. The van der Waals surface area contributed by atoms with E-state index in [-0.39, 0.29) is 29.9 Å². The van der Waals surface area contributed by atoms with Gasteiger partial charge in [-0.2, -0.15) is 0 Å². The molecule has 1 fully saturated rings. The maximum Gasteiger partial charge on any atom is 0.245 e.